The van der Waals surface area contributed by atoms with E-state index >= 15 is 0 Å². The zero-order chi connectivity index (χ0) is 13.4. The van der Waals surface area contributed by atoms with Gasteiger partial charge in [-0.15, -0.1) is 0 Å². The summed E-state index contributed by atoms with van der Waals surface area (Å²) < 4.78 is 0. The van der Waals surface area contributed by atoms with Gasteiger partial charge in [0.15, 0.2) is 0 Å². The maximum Gasteiger partial charge on any atom is 0.277 e. The number of hydrogen-bond donors (Lipinski definition) is 1. The summed E-state index contributed by atoms with van der Waals surface area (Å²) in [5.74, 6) is 0. The second-order valence-corrected chi connectivity index (χ2v) is 4.54. The van der Waals surface area contributed by atoms with E-state index in [1.807, 2.05) is 6.07 Å². The molecule has 0 aliphatic rings. The fraction of sp³-hybridized carbons (Fsp3) is 0. The number of H-pyrrole nitrogens is 1. The normalized spacial score (nSPS) is 10.8. The van der Waals surface area contributed by atoms with Crippen LogP contribution in [0.5, 0.6) is 0 Å². The molecule has 0 bridgehead atoms. The Kier molecular flexibility index (Phi) is 2.72. The molecule has 2 aromatic carbocycles. The molecule has 0 atom stereocenters. The van der Waals surface area contributed by atoms with Gasteiger partial charge in [0.2, 0.25) is 0 Å². The summed E-state index contributed by atoms with van der Waals surface area (Å²) in [7, 11) is 0. The molecule has 0 aliphatic carbocycles. The Hall–Kier alpha value is -2.33. The molecular weight excluding hydrogens is 264 g/mol. The molecule has 0 amide bonds. The fourth-order valence-electron chi connectivity index (χ4n) is 2.22. The van der Waals surface area contributed by atoms with Crippen LogP contribution in [0.25, 0.3) is 22.0 Å². The molecular formula is C14H9ClN2O2. The summed E-state index contributed by atoms with van der Waals surface area (Å²) >= 11 is 6.10. The van der Waals surface area contributed by atoms with Gasteiger partial charge in [-0.1, -0.05) is 29.8 Å². The molecule has 0 saturated carbocycles. The monoisotopic (exact) mass is 272 g/mol. The molecule has 0 fully saturated rings. The van der Waals surface area contributed by atoms with Crippen LogP contribution in [0, 0.1) is 10.1 Å². The molecule has 0 unspecified atom stereocenters. The first-order valence-electron chi connectivity index (χ1n) is 5.68. The number of para-hydroxylation sites is 1. The van der Waals surface area contributed by atoms with E-state index < -0.39 is 0 Å². The molecule has 5 heteroatoms. The van der Waals surface area contributed by atoms with Gasteiger partial charge < -0.3 is 4.98 Å². The van der Waals surface area contributed by atoms with E-state index in [1.54, 1.807) is 36.5 Å². The van der Waals surface area contributed by atoms with Gasteiger partial charge in [-0.2, -0.15) is 0 Å². The van der Waals surface area contributed by atoms with Crippen LogP contribution in [0.4, 0.5) is 5.69 Å². The zero-order valence-electron chi connectivity index (χ0n) is 9.76. The van der Waals surface area contributed by atoms with E-state index in [1.165, 1.54) is 6.07 Å². The Morgan fingerprint density at radius 1 is 1.05 bits per heavy atom. The highest BCUT2D eigenvalue weighted by Crippen LogP contribution is 2.36. The van der Waals surface area contributed by atoms with Gasteiger partial charge in [0.25, 0.3) is 5.69 Å². The maximum absolute atomic E-state index is 11.1. The lowest BCUT2D eigenvalue weighted by Crippen LogP contribution is -1.91. The summed E-state index contributed by atoms with van der Waals surface area (Å²) in [5.41, 5.74) is 2.27. The third-order valence-corrected chi connectivity index (χ3v) is 3.38. The van der Waals surface area contributed by atoms with Gasteiger partial charge in [0.1, 0.15) is 0 Å². The summed E-state index contributed by atoms with van der Waals surface area (Å²) in [6.07, 6.45) is 1.77. The molecule has 0 spiro atoms. The van der Waals surface area contributed by atoms with Gasteiger partial charge in [0, 0.05) is 17.6 Å². The van der Waals surface area contributed by atoms with Crippen molar-refractivity contribution < 1.29 is 4.92 Å². The van der Waals surface area contributed by atoms with Gasteiger partial charge in [0.05, 0.1) is 21.0 Å². The SMILES string of the molecule is O=[N+]([O-])c1ccccc1-c1ccc(Cl)c2[nH]ccc12. The van der Waals surface area contributed by atoms with Crippen molar-refractivity contribution in [3.05, 3.63) is 63.8 Å². The van der Waals surface area contributed by atoms with Gasteiger partial charge >= 0.3 is 0 Å². The van der Waals surface area contributed by atoms with Crippen LogP contribution < -0.4 is 0 Å². The van der Waals surface area contributed by atoms with Crippen LogP contribution in [0.2, 0.25) is 5.02 Å². The van der Waals surface area contributed by atoms with Crippen molar-refractivity contribution in [3.63, 3.8) is 0 Å². The van der Waals surface area contributed by atoms with Crippen LogP contribution in [0.3, 0.4) is 0 Å². The molecule has 94 valence electrons. The molecule has 1 heterocycles. The van der Waals surface area contributed by atoms with Crippen molar-refractivity contribution in [2.45, 2.75) is 0 Å². The van der Waals surface area contributed by atoms with Gasteiger partial charge in [-0.3, -0.25) is 10.1 Å². The van der Waals surface area contributed by atoms with Gasteiger partial charge in [-0.25, -0.2) is 0 Å². The van der Waals surface area contributed by atoms with Crippen molar-refractivity contribution in [2.24, 2.45) is 0 Å². The molecule has 0 aliphatic heterocycles. The first-order valence-corrected chi connectivity index (χ1v) is 6.05. The Morgan fingerprint density at radius 2 is 1.84 bits per heavy atom. The fourth-order valence-corrected chi connectivity index (χ4v) is 2.44. The zero-order valence-corrected chi connectivity index (χ0v) is 10.5. The smallest absolute Gasteiger partial charge is 0.277 e. The first-order chi connectivity index (χ1) is 9.18. The number of aromatic amines is 1. The third-order valence-electron chi connectivity index (χ3n) is 3.06. The summed E-state index contributed by atoms with van der Waals surface area (Å²) in [6, 6.07) is 12.1. The average Bonchev–Trinajstić information content (AvgIpc) is 2.89. The second-order valence-electron chi connectivity index (χ2n) is 4.14. The number of fused-ring (bicyclic) bond motifs is 1. The van der Waals surface area contributed by atoms with Crippen molar-refractivity contribution >= 4 is 28.2 Å². The minimum atomic E-state index is -0.373. The van der Waals surface area contributed by atoms with Crippen molar-refractivity contribution in [3.8, 4) is 11.1 Å². The maximum atomic E-state index is 11.1. The van der Waals surface area contributed by atoms with Crippen molar-refractivity contribution in [1.82, 2.24) is 4.98 Å². The predicted octanol–water partition coefficient (Wildman–Crippen LogP) is 4.40. The molecule has 0 saturated heterocycles. The van der Waals surface area contributed by atoms with Gasteiger partial charge in [-0.05, 0) is 23.8 Å². The highest BCUT2D eigenvalue weighted by molar-refractivity contribution is 6.35. The lowest BCUT2D eigenvalue weighted by atomic mass is 10.0. The molecule has 0 radical (unpaired) electrons. The average molecular weight is 273 g/mol. The number of benzene rings is 2. The molecule has 19 heavy (non-hydrogen) atoms. The number of halogens is 1. The van der Waals surface area contributed by atoms with E-state index in [-0.39, 0.29) is 10.6 Å². The highest BCUT2D eigenvalue weighted by atomic mass is 35.5. The quantitative estimate of drug-likeness (QED) is 0.555. The number of nitro groups is 1. The molecule has 1 N–H and O–H groups in total. The molecule has 3 rings (SSSR count). The minimum Gasteiger partial charge on any atom is -0.360 e. The van der Waals surface area contributed by atoms with Crippen molar-refractivity contribution in [2.75, 3.05) is 0 Å². The Bertz CT molecular complexity index is 780. The second kappa shape index (κ2) is 4.40. The van der Waals surface area contributed by atoms with Crippen molar-refractivity contribution in [1.29, 1.82) is 0 Å². The highest BCUT2D eigenvalue weighted by Gasteiger charge is 2.17. The van der Waals surface area contributed by atoms with Crippen LogP contribution >= 0.6 is 11.6 Å². The van der Waals surface area contributed by atoms with E-state index in [0.717, 1.165) is 16.5 Å². The summed E-state index contributed by atoms with van der Waals surface area (Å²) in [5, 5.41) is 12.6. The number of rotatable bonds is 2. The lowest BCUT2D eigenvalue weighted by molar-refractivity contribution is -0.384. The number of hydrogen-bond acceptors (Lipinski definition) is 2. The molecule has 1 aromatic heterocycles. The van der Waals surface area contributed by atoms with Crippen LogP contribution in [0.15, 0.2) is 48.7 Å². The van der Waals surface area contributed by atoms with E-state index in [2.05, 4.69) is 4.98 Å². The standard InChI is InChI=1S/C14H9ClN2O2/c15-12-6-5-9(11-7-8-16-14(11)12)10-3-1-2-4-13(10)17(18)19/h1-8,16H. The number of nitrogens with zero attached hydrogens (tertiary/aromatic N) is 1. The topological polar surface area (TPSA) is 58.9 Å². The first kappa shape index (κ1) is 11.7. The third kappa shape index (κ3) is 1.86. The van der Waals surface area contributed by atoms with Crippen LogP contribution in [0.1, 0.15) is 0 Å². The Morgan fingerprint density at radius 3 is 2.63 bits per heavy atom. The minimum absolute atomic E-state index is 0.0901. The number of nitrogens with one attached hydrogen (secondary N) is 1. The number of nitro benzene ring substituents is 1. The Balaban J connectivity index is 2.34. The largest absolute Gasteiger partial charge is 0.360 e. The Labute approximate surface area is 113 Å². The summed E-state index contributed by atoms with van der Waals surface area (Å²) in [4.78, 5) is 13.8. The van der Waals surface area contributed by atoms with E-state index in [9.17, 15) is 10.1 Å². The van der Waals surface area contributed by atoms with E-state index in [4.69, 9.17) is 11.6 Å². The molecule has 3 aromatic rings. The summed E-state index contributed by atoms with van der Waals surface area (Å²) in [6.45, 7) is 0. The van der Waals surface area contributed by atoms with Crippen LogP contribution in [-0.4, -0.2) is 9.91 Å². The van der Waals surface area contributed by atoms with E-state index in [0.29, 0.717) is 10.6 Å². The lowest BCUT2D eigenvalue weighted by Gasteiger charge is -2.05. The molecule has 4 nitrogen and oxygen atoms in total. The number of aromatic nitrogens is 1. The predicted molar refractivity (Wildman–Crippen MR) is 75.4 cm³/mol. The van der Waals surface area contributed by atoms with Crippen LogP contribution in [-0.2, 0) is 0 Å².